The SMILES string of the molecule is CCOC(=O)c1cc2cc(NS(=O)(=O)C(F)(F)F)ccc2n1C. The van der Waals surface area contributed by atoms with Crippen LogP contribution in [0.2, 0.25) is 0 Å². The molecular weight excluding hydrogens is 337 g/mol. The Morgan fingerprint density at radius 3 is 2.52 bits per heavy atom. The Kier molecular flexibility index (Phi) is 4.29. The Morgan fingerprint density at radius 1 is 1.30 bits per heavy atom. The zero-order valence-electron chi connectivity index (χ0n) is 12.1. The van der Waals surface area contributed by atoms with Crippen LogP contribution < -0.4 is 4.72 Å². The largest absolute Gasteiger partial charge is 0.516 e. The number of alkyl halides is 3. The number of nitrogens with zero attached hydrogens (tertiary/aromatic N) is 1. The number of hydrogen-bond donors (Lipinski definition) is 1. The van der Waals surface area contributed by atoms with Gasteiger partial charge in [-0.3, -0.25) is 4.72 Å². The van der Waals surface area contributed by atoms with E-state index in [1.807, 2.05) is 0 Å². The number of sulfonamides is 1. The van der Waals surface area contributed by atoms with Crippen LogP contribution >= 0.6 is 0 Å². The number of nitrogens with one attached hydrogen (secondary N) is 1. The molecule has 1 heterocycles. The lowest BCUT2D eigenvalue weighted by atomic mass is 10.2. The van der Waals surface area contributed by atoms with Crippen molar-refractivity contribution in [3.8, 4) is 0 Å². The van der Waals surface area contributed by atoms with Gasteiger partial charge in [-0.25, -0.2) is 4.79 Å². The third-order valence-electron chi connectivity index (χ3n) is 3.08. The summed E-state index contributed by atoms with van der Waals surface area (Å²) in [5.74, 6) is -0.580. The number of carbonyl (C=O) groups is 1. The number of hydrogen-bond acceptors (Lipinski definition) is 4. The number of esters is 1. The number of benzene rings is 1. The van der Waals surface area contributed by atoms with Gasteiger partial charge in [0.2, 0.25) is 0 Å². The van der Waals surface area contributed by atoms with Gasteiger partial charge in [-0.05, 0) is 31.2 Å². The zero-order valence-corrected chi connectivity index (χ0v) is 13.0. The maximum Gasteiger partial charge on any atom is 0.516 e. The average Bonchev–Trinajstić information content (AvgIpc) is 2.74. The first kappa shape index (κ1) is 17.1. The zero-order chi connectivity index (χ0) is 17.4. The van der Waals surface area contributed by atoms with Crippen molar-refractivity contribution in [1.29, 1.82) is 0 Å². The lowest BCUT2D eigenvalue weighted by Crippen LogP contribution is -2.29. The van der Waals surface area contributed by atoms with Gasteiger partial charge in [0, 0.05) is 23.6 Å². The van der Waals surface area contributed by atoms with Gasteiger partial charge in [-0.15, -0.1) is 0 Å². The molecule has 2 rings (SSSR count). The molecule has 0 radical (unpaired) electrons. The van der Waals surface area contributed by atoms with E-state index in [1.54, 1.807) is 14.0 Å². The Morgan fingerprint density at radius 2 is 1.96 bits per heavy atom. The summed E-state index contributed by atoms with van der Waals surface area (Å²) in [6, 6.07) is 5.22. The lowest BCUT2D eigenvalue weighted by Gasteiger charge is -2.10. The highest BCUT2D eigenvalue weighted by molar-refractivity contribution is 7.93. The quantitative estimate of drug-likeness (QED) is 0.860. The highest BCUT2D eigenvalue weighted by atomic mass is 32.2. The van der Waals surface area contributed by atoms with E-state index in [0.717, 1.165) is 0 Å². The molecule has 0 bridgehead atoms. The molecule has 0 spiro atoms. The van der Waals surface area contributed by atoms with Gasteiger partial charge < -0.3 is 9.30 Å². The summed E-state index contributed by atoms with van der Waals surface area (Å²) in [7, 11) is -3.90. The van der Waals surface area contributed by atoms with Crippen molar-refractivity contribution in [1.82, 2.24) is 4.57 Å². The van der Waals surface area contributed by atoms with Gasteiger partial charge in [0.1, 0.15) is 5.69 Å². The van der Waals surface area contributed by atoms with Crippen molar-refractivity contribution in [3.05, 3.63) is 30.0 Å². The van der Waals surface area contributed by atoms with Crippen LogP contribution in [0.3, 0.4) is 0 Å². The average molecular weight is 350 g/mol. The second-order valence-corrected chi connectivity index (χ2v) is 6.31. The van der Waals surface area contributed by atoms with Gasteiger partial charge in [-0.2, -0.15) is 21.6 Å². The van der Waals surface area contributed by atoms with Crippen molar-refractivity contribution >= 4 is 32.6 Å². The first-order valence-corrected chi connectivity index (χ1v) is 7.91. The van der Waals surface area contributed by atoms with Gasteiger partial charge in [-0.1, -0.05) is 0 Å². The molecule has 10 heteroatoms. The van der Waals surface area contributed by atoms with Crippen molar-refractivity contribution < 1.29 is 31.1 Å². The molecule has 0 atom stereocenters. The summed E-state index contributed by atoms with van der Waals surface area (Å²) in [5.41, 5.74) is -4.91. The molecule has 0 fully saturated rings. The van der Waals surface area contributed by atoms with Crippen LogP contribution in [0, 0.1) is 0 Å². The summed E-state index contributed by atoms with van der Waals surface area (Å²) in [6.45, 7) is 1.82. The fourth-order valence-electron chi connectivity index (χ4n) is 2.03. The van der Waals surface area contributed by atoms with Crippen LogP contribution in [0.15, 0.2) is 24.3 Å². The molecule has 0 aliphatic rings. The third kappa shape index (κ3) is 3.26. The van der Waals surface area contributed by atoms with E-state index in [-0.39, 0.29) is 18.0 Å². The van der Waals surface area contributed by atoms with Crippen LogP contribution in [0.5, 0.6) is 0 Å². The van der Waals surface area contributed by atoms with Crippen molar-refractivity contribution in [2.24, 2.45) is 7.05 Å². The molecule has 0 saturated carbocycles. The molecule has 2 aromatic rings. The van der Waals surface area contributed by atoms with Gasteiger partial charge in [0.15, 0.2) is 0 Å². The molecule has 0 aliphatic heterocycles. The molecule has 0 unspecified atom stereocenters. The number of aryl methyl sites for hydroxylation is 1. The Bertz CT molecular complexity index is 856. The molecule has 126 valence electrons. The van der Waals surface area contributed by atoms with E-state index >= 15 is 0 Å². The molecule has 1 aromatic heterocycles. The Balaban J connectivity index is 2.42. The molecule has 6 nitrogen and oxygen atoms in total. The molecule has 23 heavy (non-hydrogen) atoms. The molecule has 1 aromatic carbocycles. The summed E-state index contributed by atoms with van der Waals surface area (Å²) in [5, 5.41) is 0.401. The van der Waals surface area contributed by atoms with E-state index in [1.165, 1.54) is 33.6 Å². The minimum atomic E-state index is -5.50. The molecule has 1 N–H and O–H groups in total. The van der Waals surface area contributed by atoms with E-state index < -0.39 is 21.5 Å². The normalized spacial score (nSPS) is 12.4. The summed E-state index contributed by atoms with van der Waals surface area (Å²) >= 11 is 0. The van der Waals surface area contributed by atoms with Crippen LogP contribution in [0.1, 0.15) is 17.4 Å². The summed E-state index contributed by atoms with van der Waals surface area (Å²) < 4.78 is 67.2. The third-order valence-corrected chi connectivity index (χ3v) is 4.20. The molecule has 0 aliphatic carbocycles. The maximum atomic E-state index is 12.4. The molecule has 0 amide bonds. The fraction of sp³-hybridized carbons (Fsp3) is 0.308. The number of anilines is 1. The van der Waals surface area contributed by atoms with Crippen LogP contribution in [0.25, 0.3) is 10.9 Å². The monoisotopic (exact) mass is 350 g/mol. The first-order valence-electron chi connectivity index (χ1n) is 6.42. The molecule has 0 saturated heterocycles. The van der Waals surface area contributed by atoms with Crippen molar-refractivity contribution in [2.45, 2.75) is 12.4 Å². The van der Waals surface area contributed by atoms with Crippen LogP contribution in [-0.4, -0.2) is 31.1 Å². The van der Waals surface area contributed by atoms with E-state index in [4.69, 9.17) is 4.74 Å². The second kappa shape index (κ2) is 5.76. The minimum Gasteiger partial charge on any atom is -0.461 e. The Hall–Kier alpha value is -2.23. The smallest absolute Gasteiger partial charge is 0.461 e. The standard InChI is InChI=1S/C13H13F3N2O4S/c1-3-22-12(19)11-7-8-6-9(4-5-10(8)18(11)2)17-23(20,21)13(14,15)16/h4-7,17H,3H2,1-2H3. The van der Waals surface area contributed by atoms with E-state index in [2.05, 4.69) is 0 Å². The number of carbonyl (C=O) groups excluding carboxylic acids is 1. The predicted molar refractivity (Wildman–Crippen MR) is 77.5 cm³/mol. The predicted octanol–water partition coefficient (Wildman–Crippen LogP) is 2.62. The van der Waals surface area contributed by atoms with E-state index in [0.29, 0.717) is 10.9 Å². The van der Waals surface area contributed by atoms with Gasteiger partial charge in [0.05, 0.1) is 6.61 Å². The molecular formula is C13H13F3N2O4S. The number of rotatable bonds is 4. The fourth-order valence-corrected chi connectivity index (χ4v) is 2.58. The highest BCUT2D eigenvalue weighted by Crippen LogP contribution is 2.28. The number of halogens is 3. The highest BCUT2D eigenvalue weighted by Gasteiger charge is 2.46. The van der Waals surface area contributed by atoms with Gasteiger partial charge >= 0.3 is 21.5 Å². The van der Waals surface area contributed by atoms with Crippen molar-refractivity contribution in [3.63, 3.8) is 0 Å². The first-order chi connectivity index (χ1) is 10.6. The number of fused-ring (bicyclic) bond motifs is 1. The Labute approximate surface area is 129 Å². The van der Waals surface area contributed by atoms with E-state index in [9.17, 15) is 26.4 Å². The van der Waals surface area contributed by atoms with Crippen molar-refractivity contribution in [2.75, 3.05) is 11.3 Å². The minimum absolute atomic E-state index is 0.178. The topological polar surface area (TPSA) is 77.4 Å². The lowest BCUT2D eigenvalue weighted by molar-refractivity contribution is -0.0429. The van der Waals surface area contributed by atoms with Crippen LogP contribution in [0.4, 0.5) is 18.9 Å². The van der Waals surface area contributed by atoms with Gasteiger partial charge in [0.25, 0.3) is 0 Å². The number of ether oxygens (including phenoxy) is 1. The summed E-state index contributed by atoms with van der Waals surface area (Å²) in [4.78, 5) is 11.8. The van der Waals surface area contributed by atoms with Crippen LogP contribution in [-0.2, 0) is 21.8 Å². The summed E-state index contributed by atoms with van der Waals surface area (Å²) in [6.07, 6.45) is 0. The maximum absolute atomic E-state index is 12.4. The second-order valence-electron chi connectivity index (χ2n) is 4.63. The number of aromatic nitrogens is 1.